The van der Waals surface area contributed by atoms with Crippen LogP contribution in [0.3, 0.4) is 0 Å². The molecule has 3 N–H and O–H groups in total. The number of rotatable bonds is 5. The average Bonchev–Trinajstić information content (AvgIpc) is 2.99. The summed E-state index contributed by atoms with van der Waals surface area (Å²) >= 11 is 1.41. The number of aromatic amines is 1. The number of carbonyl (C=O) groups excluding carboxylic acids is 1. The van der Waals surface area contributed by atoms with Crippen LogP contribution < -0.4 is 5.32 Å². The summed E-state index contributed by atoms with van der Waals surface area (Å²) in [4.78, 5) is 29.8. The Bertz CT molecular complexity index is 577. The number of hydrogen-bond acceptors (Lipinski definition) is 4. The molecule has 2 aromatic rings. The van der Waals surface area contributed by atoms with Gasteiger partial charge in [0.25, 0.3) is 5.91 Å². The van der Waals surface area contributed by atoms with E-state index in [0.717, 1.165) is 5.56 Å². The summed E-state index contributed by atoms with van der Waals surface area (Å²) in [6.07, 6.45) is 3.18. The summed E-state index contributed by atoms with van der Waals surface area (Å²) in [5.74, 6) is -1.44. The molecule has 0 saturated carbocycles. The van der Waals surface area contributed by atoms with Gasteiger partial charge in [0.05, 0.1) is 11.9 Å². The highest BCUT2D eigenvalue weighted by Crippen LogP contribution is 2.13. The highest BCUT2D eigenvalue weighted by molar-refractivity contribution is 7.08. The zero-order valence-corrected chi connectivity index (χ0v) is 11.0. The Morgan fingerprint density at radius 2 is 2.32 bits per heavy atom. The lowest BCUT2D eigenvalue weighted by atomic mass is 10.1. The van der Waals surface area contributed by atoms with Crippen LogP contribution in [0.4, 0.5) is 0 Å². The average molecular weight is 279 g/mol. The molecule has 1 atom stereocenters. The number of carbonyl (C=O) groups is 2. The Kier molecular flexibility index (Phi) is 3.96. The van der Waals surface area contributed by atoms with Gasteiger partial charge in [-0.15, -0.1) is 0 Å². The third-order valence-electron chi connectivity index (χ3n) is 2.68. The van der Waals surface area contributed by atoms with E-state index in [9.17, 15) is 9.59 Å². The lowest BCUT2D eigenvalue weighted by molar-refractivity contribution is -0.139. The molecule has 2 heterocycles. The van der Waals surface area contributed by atoms with E-state index >= 15 is 0 Å². The van der Waals surface area contributed by atoms with Crippen molar-refractivity contribution in [3.63, 3.8) is 0 Å². The van der Waals surface area contributed by atoms with Crippen LogP contribution in [0, 0.1) is 6.92 Å². The van der Waals surface area contributed by atoms with Gasteiger partial charge in [0.2, 0.25) is 0 Å². The number of nitrogens with one attached hydrogen (secondary N) is 2. The molecule has 0 aliphatic carbocycles. The molecule has 6 nitrogen and oxygen atoms in total. The van der Waals surface area contributed by atoms with Gasteiger partial charge in [-0.05, 0) is 17.9 Å². The second-order valence-electron chi connectivity index (χ2n) is 4.11. The van der Waals surface area contributed by atoms with E-state index < -0.39 is 12.0 Å². The topological polar surface area (TPSA) is 95.1 Å². The van der Waals surface area contributed by atoms with Gasteiger partial charge in [0.1, 0.15) is 6.04 Å². The molecule has 0 aliphatic rings. The largest absolute Gasteiger partial charge is 0.480 e. The molecular weight excluding hydrogens is 266 g/mol. The summed E-state index contributed by atoms with van der Waals surface area (Å²) in [5.41, 5.74) is 2.02. The molecule has 0 bridgehead atoms. The van der Waals surface area contributed by atoms with Gasteiger partial charge in [-0.25, -0.2) is 9.78 Å². The predicted molar refractivity (Wildman–Crippen MR) is 70.2 cm³/mol. The number of aliphatic carboxylic acids is 1. The van der Waals surface area contributed by atoms with E-state index in [1.807, 2.05) is 12.3 Å². The first-order valence-corrected chi connectivity index (χ1v) is 6.56. The fraction of sp³-hybridized carbons (Fsp3) is 0.250. The van der Waals surface area contributed by atoms with Crippen molar-refractivity contribution in [2.45, 2.75) is 19.4 Å². The van der Waals surface area contributed by atoms with Crippen LogP contribution >= 0.6 is 11.3 Å². The van der Waals surface area contributed by atoms with Crippen LogP contribution in [0.15, 0.2) is 23.3 Å². The summed E-state index contributed by atoms with van der Waals surface area (Å²) < 4.78 is 0. The second-order valence-corrected chi connectivity index (χ2v) is 4.86. The van der Waals surface area contributed by atoms with Crippen LogP contribution in [0.2, 0.25) is 0 Å². The van der Waals surface area contributed by atoms with E-state index in [1.54, 1.807) is 5.38 Å². The van der Waals surface area contributed by atoms with Gasteiger partial charge in [-0.1, -0.05) is 0 Å². The molecule has 0 saturated heterocycles. The molecule has 0 spiro atoms. The Morgan fingerprint density at radius 3 is 2.84 bits per heavy atom. The number of hydrogen-bond donors (Lipinski definition) is 3. The van der Waals surface area contributed by atoms with Crippen LogP contribution in [0.5, 0.6) is 0 Å². The van der Waals surface area contributed by atoms with Gasteiger partial charge in [0.15, 0.2) is 0 Å². The monoisotopic (exact) mass is 279 g/mol. The van der Waals surface area contributed by atoms with Gasteiger partial charge in [-0.2, -0.15) is 11.3 Å². The molecular formula is C12H13N3O3S. The van der Waals surface area contributed by atoms with Crippen LogP contribution in [-0.2, 0) is 11.2 Å². The van der Waals surface area contributed by atoms with Gasteiger partial charge in [0, 0.05) is 23.7 Å². The minimum atomic E-state index is -1.07. The fourth-order valence-electron chi connectivity index (χ4n) is 1.65. The van der Waals surface area contributed by atoms with E-state index in [-0.39, 0.29) is 12.3 Å². The number of imidazole rings is 1. The maximum Gasteiger partial charge on any atom is 0.326 e. The lowest BCUT2D eigenvalue weighted by Gasteiger charge is -2.13. The number of carboxylic acid groups (broad SMARTS) is 1. The van der Waals surface area contributed by atoms with Crippen molar-refractivity contribution >= 4 is 23.2 Å². The Morgan fingerprint density at radius 1 is 1.53 bits per heavy atom. The maximum absolute atomic E-state index is 12.0. The van der Waals surface area contributed by atoms with Crippen molar-refractivity contribution in [1.82, 2.24) is 15.3 Å². The Labute approximate surface area is 113 Å². The third-order valence-corrected chi connectivity index (χ3v) is 3.54. The lowest BCUT2D eigenvalue weighted by Crippen LogP contribution is -2.42. The zero-order chi connectivity index (χ0) is 13.8. The predicted octanol–water partition coefficient (Wildman–Crippen LogP) is 1.21. The zero-order valence-electron chi connectivity index (χ0n) is 10.2. The minimum Gasteiger partial charge on any atom is -0.480 e. The van der Waals surface area contributed by atoms with E-state index in [2.05, 4.69) is 15.3 Å². The molecule has 1 amide bonds. The summed E-state index contributed by atoms with van der Waals surface area (Å²) in [7, 11) is 0. The van der Waals surface area contributed by atoms with Crippen molar-refractivity contribution in [3.05, 3.63) is 40.1 Å². The molecule has 1 unspecified atom stereocenters. The van der Waals surface area contributed by atoms with Crippen molar-refractivity contribution < 1.29 is 14.7 Å². The van der Waals surface area contributed by atoms with Crippen LogP contribution in [0.1, 0.15) is 21.6 Å². The molecule has 2 rings (SSSR count). The molecule has 0 aliphatic heterocycles. The summed E-state index contributed by atoms with van der Waals surface area (Å²) in [5, 5.41) is 15.2. The Balaban J connectivity index is 2.07. The maximum atomic E-state index is 12.0. The standard InChI is InChI=1S/C12H13N3O3S/c1-7-4-19-5-9(7)11(16)15-10(12(17)18)2-8-3-13-6-14-8/h3-6,10H,2H2,1H3,(H,13,14)(H,15,16)(H,17,18). The van der Waals surface area contributed by atoms with E-state index in [0.29, 0.717) is 11.3 Å². The summed E-state index contributed by atoms with van der Waals surface area (Å²) in [6.45, 7) is 1.82. The number of H-pyrrole nitrogens is 1. The van der Waals surface area contributed by atoms with Gasteiger partial charge >= 0.3 is 5.97 Å². The first-order chi connectivity index (χ1) is 9.08. The molecule has 0 aromatic carbocycles. The minimum absolute atomic E-state index is 0.171. The van der Waals surface area contributed by atoms with E-state index in [1.165, 1.54) is 23.9 Å². The van der Waals surface area contributed by atoms with E-state index in [4.69, 9.17) is 5.11 Å². The highest BCUT2D eigenvalue weighted by Gasteiger charge is 2.22. The smallest absolute Gasteiger partial charge is 0.326 e. The normalized spacial score (nSPS) is 12.1. The molecule has 0 fully saturated rings. The number of carboxylic acids is 1. The number of aryl methyl sites for hydroxylation is 1. The summed E-state index contributed by atoms with van der Waals surface area (Å²) in [6, 6.07) is -0.979. The first kappa shape index (κ1) is 13.3. The number of thiophene rings is 1. The molecule has 19 heavy (non-hydrogen) atoms. The Hall–Kier alpha value is -2.15. The number of aromatic nitrogens is 2. The number of nitrogens with zero attached hydrogens (tertiary/aromatic N) is 1. The third kappa shape index (κ3) is 3.19. The SMILES string of the molecule is Cc1cscc1C(=O)NC(Cc1cnc[nH]1)C(=O)O. The molecule has 7 heteroatoms. The van der Waals surface area contributed by atoms with Gasteiger partial charge < -0.3 is 15.4 Å². The fourth-order valence-corrected chi connectivity index (χ4v) is 2.47. The van der Waals surface area contributed by atoms with Gasteiger partial charge in [-0.3, -0.25) is 4.79 Å². The van der Waals surface area contributed by atoms with Crippen molar-refractivity contribution in [2.75, 3.05) is 0 Å². The second kappa shape index (κ2) is 5.66. The highest BCUT2D eigenvalue weighted by atomic mass is 32.1. The van der Waals surface area contributed by atoms with Crippen LogP contribution in [-0.4, -0.2) is 33.0 Å². The quantitative estimate of drug-likeness (QED) is 0.766. The molecule has 0 radical (unpaired) electrons. The first-order valence-electron chi connectivity index (χ1n) is 5.61. The van der Waals surface area contributed by atoms with Crippen molar-refractivity contribution in [3.8, 4) is 0 Å². The van der Waals surface area contributed by atoms with Crippen LogP contribution in [0.25, 0.3) is 0 Å². The van der Waals surface area contributed by atoms with Crippen molar-refractivity contribution in [1.29, 1.82) is 0 Å². The number of amides is 1. The molecule has 100 valence electrons. The van der Waals surface area contributed by atoms with Crippen molar-refractivity contribution in [2.24, 2.45) is 0 Å². The molecule has 2 aromatic heterocycles.